The summed E-state index contributed by atoms with van der Waals surface area (Å²) in [5, 5.41) is 3.14. The van der Waals surface area contributed by atoms with Crippen LogP contribution in [-0.2, 0) is 0 Å². The number of halogens is 2. The molecule has 0 bridgehead atoms. The fourth-order valence-corrected chi connectivity index (χ4v) is 2.81. The predicted octanol–water partition coefficient (Wildman–Crippen LogP) is 4.46. The van der Waals surface area contributed by atoms with Gasteiger partial charge in [-0.05, 0) is 36.4 Å². The van der Waals surface area contributed by atoms with Crippen molar-refractivity contribution >= 4 is 44.3 Å². The number of fused-ring (bicyclic) bond motifs is 1. The molecule has 1 heterocycles. The van der Waals surface area contributed by atoms with Gasteiger partial charge in [0, 0.05) is 28.7 Å². The summed E-state index contributed by atoms with van der Waals surface area (Å²) in [5.41, 5.74) is 1.34. The van der Waals surface area contributed by atoms with Crippen LogP contribution < -0.4 is 5.32 Å². The van der Waals surface area contributed by atoms with Gasteiger partial charge < -0.3 is 5.32 Å². The third kappa shape index (κ3) is 3.03. The van der Waals surface area contributed by atoms with Crippen LogP contribution in [0, 0.1) is 5.82 Å². The van der Waals surface area contributed by atoms with Crippen LogP contribution in [0.4, 0.5) is 10.1 Å². The first-order valence-electron chi connectivity index (χ1n) is 6.84. The number of hydrogen-bond donors (Lipinski definition) is 1. The molecule has 1 amide bonds. The average molecular weight is 375 g/mol. The molecule has 23 heavy (non-hydrogen) atoms. The summed E-state index contributed by atoms with van der Waals surface area (Å²) in [7, 11) is 0. The Hall–Kier alpha value is -2.47. The first-order valence-corrected chi connectivity index (χ1v) is 7.63. The first-order chi connectivity index (χ1) is 11.0. The number of aromatic nitrogens is 1. The van der Waals surface area contributed by atoms with Crippen LogP contribution in [-0.4, -0.2) is 16.4 Å². The Bertz CT molecular complexity index is 933. The van der Waals surface area contributed by atoms with Crippen molar-refractivity contribution in [1.82, 2.24) is 4.57 Å². The van der Waals surface area contributed by atoms with E-state index < -0.39 is 11.7 Å². The van der Waals surface area contributed by atoms with E-state index in [9.17, 15) is 14.0 Å². The molecule has 0 unspecified atom stereocenters. The van der Waals surface area contributed by atoms with Crippen molar-refractivity contribution in [2.75, 3.05) is 5.32 Å². The summed E-state index contributed by atoms with van der Waals surface area (Å²) >= 11 is 3.33. The van der Waals surface area contributed by atoms with Crippen LogP contribution >= 0.6 is 15.9 Å². The largest absolute Gasteiger partial charge is 0.322 e. The van der Waals surface area contributed by atoms with E-state index in [0.29, 0.717) is 16.6 Å². The zero-order valence-corrected chi connectivity index (χ0v) is 13.7. The van der Waals surface area contributed by atoms with Gasteiger partial charge in [-0.25, -0.2) is 4.39 Å². The molecule has 0 spiro atoms. The Labute approximate surface area is 140 Å². The van der Waals surface area contributed by atoms with Crippen LogP contribution in [0.5, 0.6) is 0 Å². The summed E-state index contributed by atoms with van der Waals surface area (Å²) in [6.45, 7) is 1.39. The Morgan fingerprint density at radius 2 is 1.96 bits per heavy atom. The highest BCUT2D eigenvalue weighted by Crippen LogP contribution is 2.24. The predicted molar refractivity (Wildman–Crippen MR) is 90.3 cm³/mol. The van der Waals surface area contributed by atoms with E-state index >= 15 is 0 Å². The second-order valence-electron chi connectivity index (χ2n) is 5.06. The highest BCUT2D eigenvalue weighted by atomic mass is 79.9. The van der Waals surface area contributed by atoms with E-state index in [1.807, 2.05) is 6.07 Å². The maximum Gasteiger partial charge on any atom is 0.257 e. The van der Waals surface area contributed by atoms with E-state index in [1.165, 1.54) is 35.9 Å². The molecule has 1 aromatic heterocycles. The number of benzene rings is 2. The van der Waals surface area contributed by atoms with Gasteiger partial charge in [0.1, 0.15) is 5.82 Å². The second kappa shape index (κ2) is 5.96. The molecule has 0 saturated heterocycles. The molecule has 3 rings (SSSR count). The van der Waals surface area contributed by atoms with E-state index in [4.69, 9.17) is 0 Å². The lowest BCUT2D eigenvalue weighted by atomic mass is 10.1. The van der Waals surface area contributed by atoms with Gasteiger partial charge in [-0.1, -0.05) is 22.0 Å². The van der Waals surface area contributed by atoms with Crippen molar-refractivity contribution in [2.45, 2.75) is 6.92 Å². The summed E-state index contributed by atoms with van der Waals surface area (Å²) in [5.74, 6) is -1.11. The molecule has 0 atom stereocenters. The molecular weight excluding hydrogens is 363 g/mol. The van der Waals surface area contributed by atoms with E-state index in [2.05, 4.69) is 21.2 Å². The number of anilines is 1. The molecule has 0 aliphatic rings. The minimum Gasteiger partial charge on any atom is -0.322 e. The van der Waals surface area contributed by atoms with Gasteiger partial charge in [0.05, 0.1) is 11.1 Å². The summed E-state index contributed by atoms with van der Waals surface area (Å²) in [6.07, 6.45) is 1.43. The third-order valence-electron chi connectivity index (χ3n) is 3.43. The van der Waals surface area contributed by atoms with Crippen LogP contribution in [0.15, 0.2) is 53.1 Å². The zero-order chi connectivity index (χ0) is 16.6. The molecule has 6 heteroatoms. The normalized spacial score (nSPS) is 10.7. The van der Waals surface area contributed by atoms with Crippen molar-refractivity contribution in [3.63, 3.8) is 0 Å². The smallest absolute Gasteiger partial charge is 0.257 e. The number of nitrogens with one attached hydrogen (secondary N) is 1. The van der Waals surface area contributed by atoms with Crippen molar-refractivity contribution in [2.24, 2.45) is 0 Å². The van der Waals surface area contributed by atoms with Gasteiger partial charge in [-0.2, -0.15) is 0 Å². The zero-order valence-electron chi connectivity index (χ0n) is 12.1. The Balaban J connectivity index is 2.06. The van der Waals surface area contributed by atoms with Gasteiger partial charge in [0.15, 0.2) is 0 Å². The van der Waals surface area contributed by atoms with Gasteiger partial charge in [-0.15, -0.1) is 0 Å². The van der Waals surface area contributed by atoms with Gasteiger partial charge in [0.25, 0.3) is 5.91 Å². The van der Waals surface area contributed by atoms with Crippen molar-refractivity contribution in [1.29, 1.82) is 0 Å². The topological polar surface area (TPSA) is 51.1 Å². The number of nitrogens with zero attached hydrogens (tertiary/aromatic N) is 1. The monoisotopic (exact) mass is 374 g/mol. The lowest BCUT2D eigenvalue weighted by Gasteiger charge is -2.04. The number of amides is 1. The standard InChI is InChI=1S/C17H12BrFN2O2/c1-10(22)21-9-15(14-8-12(19)5-6-16(14)21)17(23)20-13-4-2-3-11(18)7-13/h2-9H,1H3,(H,20,23). The van der Waals surface area contributed by atoms with Crippen LogP contribution in [0.3, 0.4) is 0 Å². The van der Waals surface area contributed by atoms with Gasteiger partial charge >= 0.3 is 0 Å². The maximum absolute atomic E-state index is 13.5. The van der Waals surface area contributed by atoms with E-state index in [0.717, 1.165) is 4.47 Å². The molecule has 116 valence electrons. The summed E-state index contributed by atoms with van der Waals surface area (Å²) in [6, 6.07) is 11.1. The molecule has 1 N–H and O–H groups in total. The lowest BCUT2D eigenvalue weighted by Crippen LogP contribution is -2.11. The molecule has 0 aliphatic heterocycles. The molecule has 0 fully saturated rings. The molecule has 0 radical (unpaired) electrons. The van der Waals surface area contributed by atoms with E-state index in [1.54, 1.807) is 18.2 Å². The molecule has 3 aromatic rings. The number of carbonyl (C=O) groups is 2. The van der Waals surface area contributed by atoms with Crippen LogP contribution in [0.25, 0.3) is 10.9 Å². The summed E-state index contributed by atoms with van der Waals surface area (Å²) < 4.78 is 15.7. The highest BCUT2D eigenvalue weighted by molar-refractivity contribution is 9.10. The third-order valence-corrected chi connectivity index (χ3v) is 3.93. The Morgan fingerprint density at radius 1 is 1.17 bits per heavy atom. The maximum atomic E-state index is 13.5. The second-order valence-corrected chi connectivity index (χ2v) is 5.97. The average Bonchev–Trinajstić information content (AvgIpc) is 2.86. The van der Waals surface area contributed by atoms with Crippen molar-refractivity contribution in [3.8, 4) is 0 Å². The van der Waals surface area contributed by atoms with Crippen molar-refractivity contribution < 1.29 is 14.0 Å². The Morgan fingerprint density at radius 3 is 2.65 bits per heavy atom. The van der Waals surface area contributed by atoms with Crippen molar-refractivity contribution in [3.05, 3.63) is 64.5 Å². The SMILES string of the molecule is CC(=O)n1cc(C(=O)Nc2cccc(Br)c2)c2cc(F)ccc21. The van der Waals surface area contributed by atoms with Crippen LogP contribution in [0.2, 0.25) is 0 Å². The minimum absolute atomic E-state index is 0.245. The van der Waals surface area contributed by atoms with Crippen LogP contribution in [0.1, 0.15) is 22.1 Å². The fourth-order valence-electron chi connectivity index (χ4n) is 2.41. The lowest BCUT2D eigenvalue weighted by molar-refractivity contribution is 0.0941. The van der Waals surface area contributed by atoms with E-state index in [-0.39, 0.29) is 11.5 Å². The first kappa shape index (κ1) is 15.4. The minimum atomic E-state index is -0.463. The number of hydrogen-bond acceptors (Lipinski definition) is 2. The molecule has 0 aliphatic carbocycles. The molecule has 4 nitrogen and oxygen atoms in total. The Kier molecular flexibility index (Phi) is 4.00. The van der Waals surface area contributed by atoms with Gasteiger partial charge in [-0.3, -0.25) is 14.2 Å². The molecule has 2 aromatic carbocycles. The number of rotatable bonds is 2. The highest BCUT2D eigenvalue weighted by Gasteiger charge is 2.17. The number of carbonyl (C=O) groups excluding carboxylic acids is 2. The quantitative estimate of drug-likeness (QED) is 0.719. The summed E-state index contributed by atoms with van der Waals surface area (Å²) in [4.78, 5) is 24.2. The fraction of sp³-hybridized carbons (Fsp3) is 0.0588. The molecular formula is C17H12BrFN2O2. The van der Waals surface area contributed by atoms with Gasteiger partial charge in [0.2, 0.25) is 5.91 Å². The molecule has 0 saturated carbocycles.